The minimum Gasteiger partial charge on any atom is -0.759 e. The molecular formula is H4AlKO16S4. The Morgan fingerprint density at radius 1 is 0.500 bits per heavy atom. The van der Waals surface area contributed by atoms with Crippen molar-refractivity contribution in [1.82, 2.24) is 0 Å². The van der Waals surface area contributed by atoms with Crippen LogP contribution in [0.15, 0.2) is 0 Å². The predicted octanol–water partition coefficient (Wildman–Crippen LogP) is -7.36. The summed E-state index contributed by atoms with van der Waals surface area (Å²) in [6.07, 6.45) is 0. The van der Waals surface area contributed by atoms with Crippen molar-refractivity contribution in [3.05, 3.63) is 0 Å². The average molecular weight is 454 g/mol. The van der Waals surface area contributed by atoms with E-state index in [0.29, 0.717) is 0 Å². The Balaban J connectivity index is -0.0000000376. The van der Waals surface area contributed by atoms with Crippen LogP contribution in [0.3, 0.4) is 0 Å². The first-order chi connectivity index (χ1) is 8.00. The molecule has 0 aliphatic carbocycles. The van der Waals surface area contributed by atoms with Crippen molar-refractivity contribution in [3.8, 4) is 0 Å². The van der Waals surface area contributed by atoms with Gasteiger partial charge in [0.1, 0.15) is 0 Å². The van der Waals surface area contributed by atoms with Crippen LogP contribution in [0.1, 0.15) is 0 Å². The predicted molar refractivity (Wildman–Crippen MR) is 55.1 cm³/mol. The molecule has 0 radical (unpaired) electrons. The van der Waals surface area contributed by atoms with E-state index in [2.05, 4.69) is 0 Å². The molecule has 0 aliphatic rings. The molecule has 0 bridgehead atoms. The van der Waals surface area contributed by atoms with Gasteiger partial charge in [0.05, 0.1) is 0 Å². The third kappa shape index (κ3) is 3400. The van der Waals surface area contributed by atoms with Crippen LogP contribution >= 0.6 is 0 Å². The van der Waals surface area contributed by atoms with E-state index in [9.17, 15) is 0 Å². The van der Waals surface area contributed by atoms with E-state index in [1.54, 1.807) is 0 Å². The molecule has 0 fully saturated rings. The fraction of sp³-hybridized carbons (Fsp3) is 0. The molecule has 0 aromatic heterocycles. The van der Waals surface area contributed by atoms with Crippen molar-refractivity contribution in [2.45, 2.75) is 0 Å². The summed E-state index contributed by atoms with van der Waals surface area (Å²) in [5, 5.41) is 0. The van der Waals surface area contributed by atoms with Crippen LogP contribution in [0, 0.1) is 0 Å². The maximum absolute atomic E-state index is 8.74. The topological polar surface area (TPSA) is 310 Å². The molecule has 0 heterocycles. The average Bonchev–Trinajstić information content (AvgIpc) is 1.62. The Hall–Kier alpha value is 1.65. The van der Waals surface area contributed by atoms with E-state index in [-0.39, 0.29) is 68.7 Å². The number of hydrogen-bond donors (Lipinski definition) is 4. The fourth-order valence-corrected chi connectivity index (χ4v) is 0. The largest absolute Gasteiger partial charge is 3.00 e. The van der Waals surface area contributed by atoms with Gasteiger partial charge in [0.15, 0.2) is 0 Å². The number of rotatable bonds is 0. The summed E-state index contributed by atoms with van der Waals surface area (Å²) in [7, 11) is -19.7. The second-order valence-corrected chi connectivity index (χ2v) is 5.14. The normalized spacial score (nSPS) is 10.5. The van der Waals surface area contributed by atoms with Crippen LogP contribution in [0.5, 0.6) is 0 Å². The zero-order valence-corrected chi connectivity index (χ0v) is 17.4. The summed E-state index contributed by atoms with van der Waals surface area (Å²) in [5.74, 6) is 0. The van der Waals surface area contributed by atoms with Gasteiger partial charge in [-0.25, -0.2) is 0 Å². The molecule has 16 nitrogen and oxygen atoms in total. The van der Waals surface area contributed by atoms with Crippen LogP contribution < -0.4 is 51.4 Å². The van der Waals surface area contributed by atoms with Crippen molar-refractivity contribution >= 4 is 59.0 Å². The molecular weight excluding hydrogens is 450 g/mol. The molecule has 0 aliphatic heterocycles. The molecule has 22 heavy (non-hydrogen) atoms. The molecule has 0 saturated heterocycles. The second-order valence-electron chi connectivity index (χ2n) is 1.71. The molecule has 22 heteroatoms. The van der Waals surface area contributed by atoms with Gasteiger partial charge < -0.3 is 18.2 Å². The van der Waals surface area contributed by atoms with Crippen molar-refractivity contribution in [1.29, 1.82) is 0 Å². The first kappa shape index (κ1) is 38.9. The van der Waals surface area contributed by atoms with Gasteiger partial charge >= 0.3 is 89.5 Å². The summed E-state index contributed by atoms with van der Waals surface area (Å²) in [5.41, 5.74) is 0. The Kier molecular flexibility index (Phi) is 28.6. The summed E-state index contributed by atoms with van der Waals surface area (Å²) >= 11 is 0. The first-order valence-corrected chi connectivity index (χ1v) is 8.19. The van der Waals surface area contributed by atoms with E-state index < -0.39 is 41.6 Å². The third-order valence-electron chi connectivity index (χ3n) is 0. The molecule has 0 rings (SSSR count). The third-order valence-corrected chi connectivity index (χ3v) is 0. The van der Waals surface area contributed by atoms with Gasteiger partial charge in [-0.2, -0.15) is 16.8 Å². The van der Waals surface area contributed by atoms with E-state index >= 15 is 0 Å². The van der Waals surface area contributed by atoms with E-state index in [1.165, 1.54) is 0 Å². The van der Waals surface area contributed by atoms with Gasteiger partial charge in [-0.05, 0) is 0 Å². The van der Waals surface area contributed by atoms with Crippen LogP contribution in [-0.2, 0) is 41.6 Å². The molecule has 0 amide bonds. The van der Waals surface area contributed by atoms with Crippen LogP contribution in [-0.4, -0.2) is 87.5 Å². The van der Waals surface area contributed by atoms with Crippen molar-refractivity contribution < 1.29 is 121 Å². The standard InChI is InChI=1S/Al.K.4H2O4S/c;;4*1-5(2,3)4/h;;4*(H2,1,2,3,4)/q+3;+1;;;;/p-4. The molecule has 0 aromatic carbocycles. The van der Waals surface area contributed by atoms with E-state index in [4.69, 9.17) is 70.1 Å². The van der Waals surface area contributed by atoms with Gasteiger partial charge in [0.2, 0.25) is 0 Å². The maximum atomic E-state index is 8.74. The minimum absolute atomic E-state index is 0. The summed E-state index contributed by atoms with van der Waals surface area (Å²) in [4.78, 5) is 0. The van der Waals surface area contributed by atoms with Gasteiger partial charge in [-0.1, -0.05) is 0 Å². The summed E-state index contributed by atoms with van der Waals surface area (Å²) in [6, 6.07) is 0. The quantitative estimate of drug-likeness (QED) is 0.150. The first-order valence-electron chi connectivity index (χ1n) is 2.73. The van der Waals surface area contributed by atoms with Crippen LogP contribution in [0.4, 0.5) is 0 Å². The minimum atomic E-state index is -5.17. The van der Waals surface area contributed by atoms with Gasteiger partial charge in [0.25, 0.3) is 0 Å². The monoisotopic (exact) mass is 454 g/mol. The van der Waals surface area contributed by atoms with E-state index in [1.807, 2.05) is 0 Å². The maximum Gasteiger partial charge on any atom is 3.00 e. The molecule has 0 unspecified atom stereocenters. The van der Waals surface area contributed by atoms with E-state index in [0.717, 1.165) is 0 Å². The zero-order valence-electron chi connectivity index (χ0n) is 9.90. The molecule has 0 saturated carbocycles. The molecule has 4 N–H and O–H groups in total. The van der Waals surface area contributed by atoms with Crippen molar-refractivity contribution in [2.24, 2.45) is 0 Å². The fourth-order valence-electron chi connectivity index (χ4n) is 0. The second kappa shape index (κ2) is 16.1. The molecule has 128 valence electrons. The molecule has 0 aromatic rings. The van der Waals surface area contributed by atoms with Gasteiger partial charge in [-0.15, -0.1) is 0 Å². The Morgan fingerprint density at radius 3 is 0.500 bits per heavy atom. The van der Waals surface area contributed by atoms with Crippen LogP contribution in [0.2, 0.25) is 0 Å². The SMILES string of the molecule is O=S(=O)(O)O.O=S(=O)(O)O.O=S(=O)([O-])[O-].O=S(=O)([O-])[O-].[Al+3].[K+]. The van der Waals surface area contributed by atoms with Crippen LogP contribution in [0.25, 0.3) is 0 Å². The van der Waals surface area contributed by atoms with Crippen molar-refractivity contribution in [3.63, 3.8) is 0 Å². The molecule has 0 atom stereocenters. The molecule has 0 spiro atoms. The Morgan fingerprint density at radius 2 is 0.500 bits per heavy atom. The summed E-state index contributed by atoms with van der Waals surface area (Å²) in [6.45, 7) is 0. The summed E-state index contributed by atoms with van der Waals surface area (Å²) < 4.78 is 131. The smallest absolute Gasteiger partial charge is 0.759 e. The Bertz CT molecular complexity index is 479. The Labute approximate surface area is 178 Å². The van der Waals surface area contributed by atoms with Gasteiger partial charge in [0, 0.05) is 20.8 Å². The zero-order chi connectivity index (χ0) is 18.0. The van der Waals surface area contributed by atoms with Gasteiger partial charge in [-0.3, -0.25) is 35.0 Å². The van der Waals surface area contributed by atoms with Crippen molar-refractivity contribution in [2.75, 3.05) is 0 Å². The number of hydrogen-bond acceptors (Lipinski definition) is 12.